The number of methoxy groups -OCH3 is 2. The zero-order valence-corrected chi connectivity index (χ0v) is 12.4. The Morgan fingerprint density at radius 2 is 1.85 bits per heavy atom. The van der Waals surface area contributed by atoms with Gasteiger partial charge in [0.2, 0.25) is 0 Å². The van der Waals surface area contributed by atoms with E-state index >= 15 is 0 Å². The molecular weight excluding hydrogens is 254 g/mol. The van der Waals surface area contributed by atoms with Crippen LogP contribution >= 0.6 is 0 Å². The fourth-order valence-electron chi connectivity index (χ4n) is 2.56. The van der Waals surface area contributed by atoms with E-state index in [1.807, 2.05) is 12.1 Å². The molecule has 1 aromatic carbocycles. The molecule has 1 aliphatic rings. The number of hydrogen-bond acceptors (Lipinski definition) is 5. The van der Waals surface area contributed by atoms with Crippen molar-refractivity contribution in [1.82, 2.24) is 5.32 Å². The van der Waals surface area contributed by atoms with E-state index in [2.05, 4.69) is 30.1 Å². The Morgan fingerprint density at radius 3 is 2.35 bits per heavy atom. The Morgan fingerprint density at radius 1 is 1.25 bits per heavy atom. The van der Waals surface area contributed by atoms with Gasteiger partial charge in [-0.2, -0.15) is 5.26 Å². The van der Waals surface area contributed by atoms with Gasteiger partial charge in [-0.1, -0.05) is 0 Å². The molecule has 5 nitrogen and oxygen atoms in total. The van der Waals surface area contributed by atoms with E-state index in [1.54, 1.807) is 14.2 Å². The summed E-state index contributed by atoms with van der Waals surface area (Å²) in [7, 11) is 3.15. The maximum atomic E-state index is 9.22. The summed E-state index contributed by atoms with van der Waals surface area (Å²) in [6.45, 7) is 6.19. The average molecular weight is 275 g/mol. The normalized spacial score (nSPS) is 22.2. The Hall–Kier alpha value is -1.93. The molecule has 0 bridgehead atoms. The van der Waals surface area contributed by atoms with Crippen LogP contribution in [-0.2, 0) is 0 Å². The van der Waals surface area contributed by atoms with E-state index in [0.717, 1.165) is 18.8 Å². The highest BCUT2D eigenvalue weighted by Crippen LogP contribution is 2.35. The number of ether oxygens (including phenoxy) is 2. The van der Waals surface area contributed by atoms with Gasteiger partial charge in [0.25, 0.3) is 0 Å². The second kappa shape index (κ2) is 6.02. The molecule has 1 heterocycles. The standard InChI is InChI=1S/C15H21N3O2/c1-10-9-18(11(2)8-17-10)12-5-14(19-3)13(7-16)15(6-12)20-4/h5-6,10-11,17H,8-9H2,1-4H3. The van der Waals surface area contributed by atoms with Gasteiger partial charge in [-0.3, -0.25) is 0 Å². The van der Waals surface area contributed by atoms with Crippen LogP contribution in [0.3, 0.4) is 0 Å². The van der Waals surface area contributed by atoms with Crippen molar-refractivity contribution < 1.29 is 9.47 Å². The second-order valence-corrected chi connectivity index (χ2v) is 5.15. The maximum absolute atomic E-state index is 9.22. The lowest BCUT2D eigenvalue weighted by Crippen LogP contribution is -2.54. The molecule has 0 spiro atoms. The molecule has 0 amide bonds. The van der Waals surface area contributed by atoms with E-state index in [4.69, 9.17) is 9.47 Å². The van der Waals surface area contributed by atoms with Crippen molar-refractivity contribution in [2.24, 2.45) is 0 Å². The number of nitrogens with one attached hydrogen (secondary N) is 1. The first kappa shape index (κ1) is 14.5. The van der Waals surface area contributed by atoms with Crippen LogP contribution in [0.4, 0.5) is 5.69 Å². The molecular formula is C15H21N3O2. The largest absolute Gasteiger partial charge is 0.495 e. The van der Waals surface area contributed by atoms with E-state index in [0.29, 0.717) is 29.1 Å². The van der Waals surface area contributed by atoms with Crippen LogP contribution in [-0.4, -0.2) is 39.4 Å². The predicted octanol–water partition coefficient (Wildman–Crippen LogP) is 1.76. The number of anilines is 1. The third-order valence-electron chi connectivity index (χ3n) is 3.70. The van der Waals surface area contributed by atoms with E-state index in [-0.39, 0.29) is 0 Å². The van der Waals surface area contributed by atoms with Crippen LogP contribution in [0.1, 0.15) is 19.4 Å². The molecule has 0 aliphatic carbocycles. The fourth-order valence-corrected chi connectivity index (χ4v) is 2.56. The number of benzene rings is 1. The zero-order chi connectivity index (χ0) is 14.7. The van der Waals surface area contributed by atoms with Gasteiger partial charge in [-0.25, -0.2) is 0 Å². The summed E-state index contributed by atoms with van der Waals surface area (Å²) in [4.78, 5) is 2.31. The van der Waals surface area contributed by atoms with Crippen molar-refractivity contribution in [3.8, 4) is 17.6 Å². The van der Waals surface area contributed by atoms with Crippen LogP contribution in [0.5, 0.6) is 11.5 Å². The Kier molecular flexibility index (Phi) is 4.35. The number of nitriles is 1. The van der Waals surface area contributed by atoms with Crippen molar-refractivity contribution in [3.63, 3.8) is 0 Å². The molecule has 0 aromatic heterocycles. The van der Waals surface area contributed by atoms with E-state index < -0.39 is 0 Å². The van der Waals surface area contributed by atoms with Crippen LogP contribution in [0.2, 0.25) is 0 Å². The van der Waals surface area contributed by atoms with Crippen molar-refractivity contribution in [2.45, 2.75) is 25.9 Å². The molecule has 2 rings (SSSR count). The zero-order valence-electron chi connectivity index (χ0n) is 12.4. The lowest BCUT2D eigenvalue weighted by molar-refractivity contribution is 0.389. The molecule has 1 fully saturated rings. The number of hydrogen-bond donors (Lipinski definition) is 1. The quantitative estimate of drug-likeness (QED) is 0.911. The Labute approximate surface area is 120 Å². The molecule has 1 aliphatic heterocycles. The van der Waals surface area contributed by atoms with Crippen LogP contribution in [0, 0.1) is 11.3 Å². The molecule has 2 atom stereocenters. The van der Waals surface area contributed by atoms with Crippen molar-refractivity contribution in [2.75, 3.05) is 32.2 Å². The summed E-state index contributed by atoms with van der Waals surface area (Å²) in [5.41, 5.74) is 1.47. The van der Waals surface area contributed by atoms with Crippen molar-refractivity contribution in [3.05, 3.63) is 17.7 Å². The van der Waals surface area contributed by atoms with Gasteiger partial charge in [0.15, 0.2) is 0 Å². The van der Waals surface area contributed by atoms with Gasteiger partial charge in [-0.15, -0.1) is 0 Å². The SMILES string of the molecule is COc1cc(N2CC(C)NCC2C)cc(OC)c1C#N. The predicted molar refractivity (Wildman–Crippen MR) is 78.5 cm³/mol. The topological polar surface area (TPSA) is 57.5 Å². The van der Waals surface area contributed by atoms with Gasteiger partial charge in [0.05, 0.1) is 14.2 Å². The van der Waals surface area contributed by atoms with Crippen molar-refractivity contribution in [1.29, 1.82) is 5.26 Å². The molecule has 0 radical (unpaired) electrons. The van der Waals surface area contributed by atoms with E-state index in [1.165, 1.54) is 0 Å². The minimum atomic E-state index is 0.383. The summed E-state index contributed by atoms with van der Waals surface area (Å²) in [6, 6.07) is 6.77. The lowest BCUT2D eigenvalue weighted by atomic mass is 10.1. The Balaban J connectivity index is 2.44. The van der Waals surface area contributed by atoms with Gasteiger partial charge in [-0.05, 0) is 13.8 Å². The smallest absolute Gasteiger partial charge is 0.142 e. The molecule has 20 heavy (non-hydrogen) atoms. The van der Waals surface area contributed by atoms with Gasteiger partial charge >= 0.3 is 0 Å². The van der Waals surface area contributed by atoms with Crippen LogP contribution in [0.25, 0.3) is 0 Å². The minimum absolute atomic E-state index is 0.383. The highest BCUT2D eigenvalue weighted by Gasteiger charge is 2.24. The van der Waals surface area contributed by atoms with E-state index in [9.17, 15) is 5.26 Å². The number of nitrogens with zero attached hydrogens (tertiary/aromatic N) is 2. The molecule has 108 valence electrons. The third kappa shape index (κ3) is 2.66. The Bertz CT molecular complexity index is 499. The second-order valence-electron chi connectivity index (χ2n) is 5.15. The monoisotopic (exact) mass is 275 g/mol. The number of piperazine rings is 1. The molecule has 5 heteroatoms. The lowest BCUT2D eigenvalue weighted by Gasteiger charge is -2.39. The molecule has 1 N–H and O–H groups in total. The molecule has 1 aromatic rings. The molecule has 1 saturated heterocycles. The molecule has 0 saturated carbocycles. The maximum Gasteiger partial charge on any atom is 0.142 e. The number of rotatable bonds is 3. The molecule has 2 unspecified atom stereocenters. The summed E-state index contributed by atoms with van der Waals surface area (Å²) in [5, 5.41) is 12.7. The first-order chi connectivity index (χ1) is 9.60. The first-order valence-corrected chi connectivity index (χ1v) is 6.76. The summed E-state index contributed by atoms with van der Waals surface area (Å²) < 4.78 is 10.7. The summed E-state index contributed by atoms with van der Waals surface area (Å²) in [6.07, 6.45) is 0. The van der Waals surface area contributed by atoms with Crippen molar-refractivity contribution >= 4 is 5.69 Å². The van der Waals surface area contributed by atoms with Crippen LogP contribution in [0.15, 0.2) is 12.1 Å². The highest BCUT2D eigenvalue weighted by atomic mass is 16.5. The fraction of sp³-hybridized carbons (Fsp3) is 0.533. The van der Waals surface area contributed by atoms with Gasteiger partial charge in [0.1, 0.15) is 23.1 Å². The minimum Gasteiger partial charge on any atom is -0.495 e. The third-order valence-corrected chi connectivity index (χ3v) is 3.70. The summed E-state index contributed by atoms with van der Waals surface area (Å²) in [5.74, 6) is 1.11. The summed E-state index contributed by atoms with van der Waals surface area (Å²) >= 11 is 0. The first-order valence-electron chi connectivity index (χ1n) is 6.76. The highest BCUT2D eigenvalue weighted by molar-refractivity contribution is 5.64. The van der Waals surface area contributed by atoms with Gasteiger partial charge < -0.3 is 19.7 Å². The average Bonchev–Trinajstić information content (AvgIpc) is 2.48. The van der Waals surface area contributed by atoms with Gasteiger partial charge in [0, 0.05) is 43.0 Å². The van der Waals surface area contributed by atoms with Crippen LogP contribution < -0.4 is 19.7 Å².